The number of methoxy groups -OCH3 is 1. The first-order valence-electron chi connectivity index (χ1n) is 5.12. The van der Waals surface area contributed by atoms with Crippen molar-refractivity contribution in [3.8, 4) is 0 Å². The van der Waals surface area contributed by atoms with Gasteiger partial charge in [-0.15, -0.1) is 0 Å². The van der Waals surface area contributed by atoms with E-state index in [1.54, 1.807) is 12.4 Å². The van der Waals surface area contributed by atoms with Gasteiger partial charge in [0.05, 0.1) is 13.0 Å². The van der Waals surface area contributed by atoms with Crippen molar-refractivity contribution in [2.75, 3.05) is 25.6 Å². The molecular formula is C11H17N3O2. The summed E-state index contributed by atoms with van der Waals surface area (Å²) in [7, 11) is 3.24. The van der Waals surface area contributed by atoms with E-state index in [2.05, 4.69) is 14.7 Å². The number of aryl methyl sites for hydroxylation is 1. The van der Waals surface area contributed by atoms with Crippen LogP contribution in [0.2, 0.25) is 0 Å². The smallest absolute Gasteiger partial charge is 0.310 e. The van der Waals surface area contributed by atoms with Gasteiger partial charge in [0.15, 0.2) is 0 Å². The van der Waals surface area contributed by atoms with Crippen LogP contribution >= 0.6 is 0 Å². The zero-order valence-corrected chi connectivity index (χ0v) is 10.1. The third kappa shape index (κ3) is 3.18. The second-order valence-corrected chi connectivity index (χ2v) is 3.87. The molecule has 0 saturated heterocycles. The Balaban J connectivity index is 2.61. The zero-order valence-electron chi connectivity index (χ0n) is 10.1. The minimum atomic E-state index is -0.223. The van der Waals surface area contributed by atoms with Gasteiger partial charge in [-0.3, -0.25) is 4.79 Å². The molecule has 88 valence electrons. The first-order valence-corrected chi connectivity index (χ1v) is 5.12. The predicted molar refractivity (Wildman–Crippen MR) is 61.2 cm³/mol. The molecule has 0 aromatic carbocycles. The van der Waals surface area contributed by atoms with Gasteiger partial charge in [-0.05, 0) is 12.5 Å². The maximum atomic E-state index is 11.2. The number of nitrogens with zero attached hydrogens (tertiary/aromatic N) is 3. The molecule has 1 aromatic rings. The summed E-state index contributed by atoms with van der Waals surface area (Å²) in [6.07, 6.45) is 3.50. The van der Waals surface area contributed by atoms with E-state index in [0.717, 1.165) is 5.56 Å². The molecule has 0 amide bonds. The molecule has 5 heteroatoms. The Labute approximate surface area is 95.5 Å². The molecule has 0 spiro atoms. The number of esters is 1. The monoisotopic (exact) mass is 223 g/mol. The summed E-state index contributed by atoms with van der Waals surface area (Å²) in [5.74, 6) is 0.195. The summed E-state index contributed by atoms with van der Waals surface area (Å²) in [5, 5.41) is 0. The van der Waals surface area contributed by atoms with Gasteiger partial charge in [-0.2, -0.15) is 0 Å². The molecule has 0 fully saturated rings. The summed E-state index contributed by atoms with van der Waals surface area (Å²) in [6, 6.07) is 0. The highest BCUT2D eigenvalue weighted by Crippen LogP contribution is 2.08. The van der Waals surface area contributed by atoms with Crippen LogP contribution in [0.5, 0.6) is 0 Å². The molecule has 0 saturated carbocycles. The summed E-state index contributed by atoms with van der Waals surface area (Å²) >= 11 is 0. The molecule has 0 aliphatic rings. The van der Waals surface area contributed by atoms with E-state index in [1.807, 2.05) is 25.8 Å². The predicted octanol–water partition coefficient (Wildman–Crippen LogP) is 1.03. The van der Waals surface area contributed by atoms with Crippen molar-refractivity contribution < 1.29 is 9.53 Å². The number of ether oxygens (including phenoxy) is 1. The Hall–Kier alpha value is -1.65. The number of rotatable bonds is 4. The van der Waals surface area contributed by atoms with E-state index in [1.165, 1.54) is 7.11 Å². The number of carbonyl (C=O) groups excluding carboxylic acids is 1. The number of hydrogen-bond donors (Lipinski definition) is 0. The Morgan fingerprint density at radius 2 is 2.06 bits per heavy atom. The lowest BCUT2D eigenvalue weighted by molar-refractivity contribution is -0.144. The lowest BCUT2D eigenvalue weighted by Crippen LogP contribution is -2.30. The molecular weight excluding hydrogens is 206 g/mol. The van der Waals surface area contributed by atoms with Gasteiger partial charge in [-0.1, -0.05) is 6.92 Å². The molecule has 5 nitrogen and oxygen atoms in total. The highest BCUT2D eigenvalue weighted by molar-refractivity contribution is 5.72. The molecule has 1 rings (SSSR count). The van der Waals surface area contributed by atoms with E-state index in [4.69, 9.17) is 0 Å². The van der Waals surface area contributed by atoms with Crippen molar-refractivity contribution in [1.29, 1.82) is 0 Å². The molecule has 1 aromatic heterocycles. The van der Waals surface area contributed by atoms with Gasteiger partial charge in [0.25, 0.3) is 0 Å². The normalized spacial score (nSPS) is 12.0. The first-order chi connectivity index (χ1) is 7.54. The minimum absolute atomic E-state index is 0.195. The van der Waals surface area contributed by atoms with Crippen molar-refractivity contribution in [3.05, 3.63) is 18.0 Å². The summed E-state index contributed by atoms with van der Waals surface area (Å²) in [6.45, 7) is 4.28. The fraction of sp³-hybridized carbons (Fsp3) is 0.545. The molecule has 0 aliphatic heterocycles. The summed E-state index contributed by atoms with van der Waals surface area (Å²) < 4.78 is 4.66. The van der Waals surface area contributed by atoms with Crippen molar-refractivity contribution in [1.82, 2.24) is 9.97 Å². The van der Waals surface area contributed by atoms with Crippen molar-refractivity contribution in [2.45, 2.75) is 13.8 Å². The van der Waals surface area contributed by atoms with Crippen LogP contribution in [0.1, 0.15) is 12.5 Å². The largest absolute Gasteiger partial charge is 0.469 e. The minimum Gasteiger partial charge on any atom is -0.469 e. The number of hydrogen-bond acceptors (Lipinski definition) is 5. The van der Waals surface area contributed by atoms with Crippen LogP contribution in [0.15, 0.2) is 12.4 Å². The first kappa shape index (κ1) is 12.4. The maximum Gasteiger partial charge on any atom is 0.310 e. The van der Waals surface area contributed by atoms with Crippen LogP contribution in [0.3, 0.4) is 0 Å². The van der Waals surface area contributed by atoms with Crippen LogP contribution in [0.25, 0.3) is 0 Å². The van der Waals surface area contributed by atoms with E-state index in [0.29, 0.717) is 12.5 Å². The van der Waals surface area contributed by atoms with Gasteiger partial charge in [0.1, 0.15) is 0 Å². The van der Waals surface area contributed by atoms with E-state index < -0.39 is 0 Å². The highest BCUT2D eigenvalue weighted by Gasteiger charge is 2.16. The van der Waals surface area contributed by atoms with Gasteiger partial charge >= 0.3 is 5.97 Å². The number of aromatic nitrogens is 2. The Bertz CT molecular complexity index is 351. The highest BCUT2D eigenvalue weighted by atomic mass is 16.5. The molecule has 1 unspecified atom stereocenters. The molecule has 16 heavy (non-hydrogen) atoms. The quantitative estimate of drug-likeness (QED) is 0.714. The molecule has 0 aliphatic carbocycles. The average Bonchev–Trinajstić information content (AvgIpc) is 2.28. The lowest BCUT2D eigenvalue weighted by atomic mass is 10.2. The Morgan fingerprint density at radius 3 is 2.56 bits per heavy atom. The van der Waals surface area contributed by atoms with Crippen LogP contribution < -0.4 is 4.90 Å². The Kier molecular flexibility index (Phi) is 4.22. The fourth-order valence-corrected chi connectivity index (χ4v) is 1.35. The molecule has 0 bridgehead atoms. The van der Waals surface area contributed by atoms with Crippen molar-refractivity contribution >= 4 is 11.9 Å². The van der Waals surface area contributed by atoms with Crippen LogP contribution in [0.4, 0.5) is 5.95 Å². The molecule has 0 radical (unpaired) electrons. The third-order valence-electron chi connectivity index (χ3n) is 2.26. The van der Waals surface area contributed by atoms with Gasteiger partial charge in [-0.25, -0.2) is 9.97 Å². The van der Waals surface area contributed by atoms with E-state index >= 15 is 0 Å². The fourth-order valence-electron chi connectivity index (χ4n) is 1.35. The van der Waals surface area contributed by atoms with Crippen LogP contribution in [-0.2, 0) is 9.53 Å². The van der Waals surface area contributed by atoms with Crippen LogP contribution in [-0.4, -0.2) is 36.6 Å². The number of carbonyl (C=O) groups is 1. The van der Waals surface area contributed by atoms with E-state index in [9.17, 15) is 4.79 Å². The topological polar surface area (TPSA) is 55.3 Å². The van der Waals surface area contributed by atoms with Gasteiger partial charge in [0, 0.05) is 26.0 Å². The van der Waals surface area contributed by atoms with Crippen LogP contribution in [0, 0.1) is 12.8 Å². The summed E-state index contributed by atoms with van der Waals surface area (Å²) in [5.41, 5.74) is 1.01. The zero-order chi connectivity index (χ0) is 12.1. The molecule has 1 heterocycles. The van der Waals surface area contributed by atoms with Crippen molar-refractivity contribution in [3.63, 3.8) is 0 Å². The standard InChI is InChI=1S/C11H17N3O2/c1-8-5-12-11(13-6-8)14(3)7-9(2)10(15)16-4/h5-6,9H,7H2,1-4H3. The maximum absolute atomic E-state index is 11.2. The summed E-state index contributed by atoms with van der Waals surface area (Å²) in [4.78, 5) is 21.4. The Morgan fingerprint density at radius 1 is 1.50 bits per heavy atom. The number of anilines is 1. The van der Waals surface area contributed by atoms with E-state index in [-0.39, 0.29) is 11.9 Å². The SMILES string of the molecule is COC(=O)C(C)CN(C)c1ncc(C)cn1. The molecule has 0 N–H and O–H groups in total. The third-order valence-corrected chi connectivity index (χ3v) is 2.26. The second kappa shape index (κ2) is 5.44. The van der Waals surface area contributed by atoms with Gasteiger partial charge < -0.3 is 9.64 Å². The van der Waals surface area contributed by atoms with Gasteiger partial charge in [0.2, 0.25) is 5.95 Å². The van der Waals surface area contributed by atoms with Crippen molar-refractivity contribution in [2.24, 2.45) is 5.92 Å². The molecule has 1 atom stereocenters. The average molecular weight is 223 g/mol. The second-order valence-electron chi connectivity index (χ2n) is 3.87. The lowest BCUT2D eigenvalue weighted by Gasteiger charge is -2.19.